The highest BCUT2D eigenvalue weighted by Gasteiger charge is 2.39. The first kappa shape index (κ1) is 12.4. The Kier molecular flexibility index (Phi) is 3.62. The van der Waals surface area contributed by atoms with Gasteiger partial charge in [-0.2, -0.15) is 0 Å². The number of nitrogens with one attached hydrogen (secondary N) is 1. The van der Waals surface area contributed by atoms with Crippen LogP contribution in [0.4, 0.5) is 0 Å². The Labute approximate surface area is 81.9 Å². The lowest BCUT2D eigenvalue weighted by molar-refractivity contribution is -0.160. The second kappa shape index (κ2) is 4.08. The smallest absolute Gasteiger partial charge is 0.350 e. The number of hydrogen-bond donors (Lipinski definition) is 2. The summed E-state index contributed by atoms with van der Waals surface area (Å²) in [5.74, 6) is -2.24. The van der Waals surface area contributed by atoms with E-state index >= 15 is 0 Å². The van der Waals surface area contributed by atoms with Gasteiger partial charge in [0.25, 0.3) is 0 Å². The first-order valence-corrected chi connectivity index (χ1v) is 3.98. The molecule has 14 heavy (non-hydrogen) atoms. The van der Waals surface area contributed by atoms with Crippen molar-refractivity contribution in [3.05, 3.63) is 0 Å². The molecule has 0 heterocycles. The van der Waals surface area contributed by atoms with Crippen LogP contribution in [0.3, 0.4) is 0 Å². The molecule has 0 saturated carbocycles. The fourth-order valence-electron chi connectivity index (χ4n) is 0.938. The third-order valence-corrected chi connectivity index (χ3v) is 1.98. The van der Waals surface area contributed by atoms with Gasteiger partial charge in [0.2, 0.25) is 17.5 Å². The third kappa shape index (κ3) is 2.45. The van der Waals surface area contributed by atoms with Gasteiger partial charge in [-0.3, -0.25) is 9.59 Å². The van der Waals surface area contributed by atoms with E-state index in [1.54, 1.807) is 0 Å². The van der Waals surface area contributed by atoms with Crippen LogP contribution in [0.1, 0.15) is 20.8 Å². The fraction of sp³-hybridized carbons (Fsp3) is 0.625. The Hall–Kier alpha value is -1.59. The molecule has 0 aromatic rings. The summed E-state index contributed by atoms with van der Waals surface area (Å²) in [6, 6.07) is 0. The zero-order chi connectivity index (χ0) is 11.5. The zero-order valence-corrected chi connectivity index (χ0v) is 8.62. The highest BCUT2D eigenvalue weighted by Crippen LogP contribution is 2.09. The average molecular weight is 202 g/mol. The predicted octanol–water partition coefficient (Wildman–Crippen LogP) is -0.598. The molecule has 0 saturated heterocycles. The lowest BCUT2D eigenvalue weighted by atomic mass is 10.1. The number of carboxylic acid groups (broad SMARTS) is 1. The molecule has 1 unspecified atom stereocenters. The lowest BCUT2D eigenvalue weighted by Gasteiger charge is -2.34. The minimum Gasteiger partial charge on any atom is -0.478 e. The van der Waals surface area contributed by atoms with Gasteiger partial charge in [-0.05, 0) is 6.92 Å². The van der Waals surface area contributed by atoms with E-state index in [2.05, 4.69) is 5.32 Å². The van der Waals surface area contributed by atoms with E-state index in [-0.39, 0.29) is 0 Å². The van der Waals surface area contributed by atoms with Gasteiger partial charge in [-0.1, -0.05) is 0 Å². The number of carbonyl (C=O) groups is 3. The maximum absolute atomic E-state index is 11.0. The first-order chi connectivity index (χ1) is 6.21. The van der Waals surface area contributed by atoms with Crippen molar-refractivity contribution < 1.29 is 19.5 Å². The van der Waals surface area contributed by atoms with Crippen LogP contribution in [0.15, 0.2) is 0 Å². The molecule has 0 aliphatic carbocycles. The van der Waals surface area contributed by atoms with Crippen LogP contribution in [0.25, 0.3) is 0 Å². The Bertz CT molecular complexity index is 277. The quantitative estimate of drug-likeness (QED) is 0.598. The number of carboxylic acids is 1. The van der Waals surface area contributed by atoms with Gasteiger partial charge < -0.3 is 15.3 Å². The summed E-state index contributed by atoms with van der Waals surface area (Å²) in [5.41, 5.74) is -1.70. The van der Waals surface area contributed by atoms with Crippen molar-refractivity contribution in [3.8, 4) is 0 Å². The molecule has 0 aliphatic heterocycles. The number of amides is 2. The molecule has 80 valence electrons. The third-order valence-electron chi connectivity index (χ3n) is 1.98. The monoisotopic (exact) mass is 202 g/mol. The molecule has 1 atom stereocenters. The van der Waals surface area contributed by atoms with Crippen LogP contribution in [-0.4, -0.2) is 40.5 Å². The summed E-state index contributed by atoms with van der Waals surface area (Å²) in [6.07, 6.45) is 0. The van der Waals surface area contributed by atoms with Crippen molar-refractivity contribution in [2.24, 2.45) is 0 Å². The SMILES string of the molecule is CC(=O)NC(C)(C(=O)O)N(C)C(C)=O. The topological polar surface area (TPSA) is 86.7 Å². The van der Waals surface area contributed by atoms with E-state index in [1.807, 2.05) is 0 Å². The number of carbonyl (C=O) groups excluding carboxylic acids is 2. The molecule has 2 N–H and O–H groups in total. The summed E-state index contributed by atoms with van der Waals surface area (Å²) < 4.78 is 0. The number of likely N-dealkylation sites (N-methyl/N-ethyl adjacent to an activating group) is 1. The number of hydrogen-bond acceptors (Lipinski definition) is 3. The van der Waals surface area contributed by atoms with Gasteiger partial charge >= 0.3 is 5.97 Å². The fourth-order valence-corrected chi connectivity index (χ4v) is 0.938. The van der Waals surface area contributed by atoms with Gasteiger partial charge in [-0.25, -0.2) is 4.79 Å². The molecular weight excluding hydrogens is 188 g/mol. The van der Waals surface area contributed by atoms with Crippen LogP contribution in [-0.2, 0) is 14.4 Å². The van der Waals surface area contributed by atoms with E-state index in [9.17, 15) is 14.4 Å². The second-order valence-corrected chi connectivity index (χ2v) is 3.14. The minimum absolute atomic E-state index is 0.441. The van der Waals surface area contributed by atoms with E-state index in [0.29, 0.717) is 0 Å². The minimum atomic E-state index is -1.70. The number of rotatable bonds is 3. The van der Waals surface area contributed by atoms with Gasteiger partial charge in [0, 0.05) is 20.9 Å². The highest BCUT2D eigenvalue weighted by molar-refractivity contribution is 5.89. The zero-order valence-electron chi connectivity index (χ0n) is 8.62. The lowest BCUT2D eigenvalue weighted by Crippen LogP contribution is -2.63. The standard InChI is InChI=1S/C8H14N2O4/c1-5(11)9-8(3,7(13)14)10(4)6(2)12/h1-4H3,(H,9,11)(H,13,14). The molecule has 0 bridgehead atoms. The molecule has 2 amide bonds. The number of nitrogens with zero attached hydrogens (tertiary/aromatic N) is 1. The summed E-state index contributed by atoms with van der Waals surface area (Å²) in [4.78, 5) is 33.6. The van der Waals surface area contributed by atoms with Crippen molar-refractivity contribution in [2.75, 3.05) is 7.05 Å². The second-order valence-electron chi connectivity index (χ2n) is 3.14. The highest BCUT2D eigenvalue weighted by atomic mass is 16.4. The Morgan fingerprint density at radius 2 is 1.71 bits per heavy atom. The maximum Gasteiger partial charge on any atom is 0.350 e. The van der Waals surface area contributed by atoms with Crippen molar-refractivity contribution in [3.63, 3.8) is 0 Å². The van der Waals surface area contributed by atoms with Crippen molar-refractivity contribution in [1.29, 1.82) is 0 Å². The molecule has 0 aromatic heterocycles. The normalized spacial score (nSPS) is 14.0. The van der Waals surface area contributed by atoms with Gasteiger partial charge in [0.1, 0.15) is 0 Å². The summed E-state index contributed by atoms with van der Waals surface area (Å²) >= 11 is 0. The molecule has 0 fully saturated rings. The molecule has 0 aromatic carbocycles. The molecule has 6 heteroatoms. The maximum atomic E-state index is 11.0. The molecule has 0 radical (unpaired) electrons. The summed E-state index contributed by atoms with van der Waals surface area (Å²) in [5, 5.41) is 11.1. The van der Waals surface area contributed by atoms with E-state index in [4.69, 9.17) is 5.11 Å². The molecule has 0 aliphatic rings. The van der Waals surface area contributed by atoms with Gasteiger partial charge in [-0.15, -0.1) is 0 Å². The van der Waals surface area contributed by atoms with Crippen LogP contribution in [0.2, 0.25) is 0 Å². The van der Waals surface area contributed by atoms with E-state index in [0.717, 1.165) is 4.90 Å². The van der Waals surface area contributed by atoms with Crippen LogP contribution in [0, 0.1) is 0 Å². The Morgan fingerprint density at radius 3 is 1.93 bits per heavy atom. The Morgan fingerprint density at radius 1 is 1.29 bits per heavy atom. The van der Waals surface area contributed by atoms with Crippen molar-refractivity contribution >= 4 is 17.8 Å². The van der Waals surface area contributed by atoms with Gasteiger partial charge in [0.05, 0.1) is 0 Å². The Balaban J connectivity index is 4.99. The van der Waals surface area contributed by atoms with Crippen LogP contribution in [0.5, 0.6) is 0 Å². The van der Waals surface area contributed by atoms with E-state index < -0.39 is 23.4 Å². The molecular formula is C8H14N2O4. The predicted molar refractivity (Wildman–Crippen MR) is 48.3 cm³/mol. The van der Waals surface area contributed by atoms with Gasteiger partial charge in [0.15, 0.2) is 0 Å². The molecule has 6 nitrogen and oxygen atoms in total. The molecule has 0 rings (SSSR count). The number of aliphatic carboxylic acids is 1. The van der Waals surface area contributed by atoms with Crippen LogP contribution >= 0.6 is 0 Å². The van der Waals surface area contributed by atoms with Crippen molar-refractivity contribution in [1.82, 2.24) is 10.2 Å². The first-order valence-electron chi connectivity index (χ1n) is 3.98. The van der Waals surface area contributed by atoms with Crippen molar-refractivity contribution in [2.45, 2.75) is 26.4 Å². The summed E-state index contributed by atoms with van der Waals surface area (Å²) in [7, 11) is 1.31. The summed E-state index contributed by atoms with van der Waals surface area (Å²) in [6.45, 7) is 3.66. The van der Waals surface area contributed by atoms with E-state index in [1.165, 1.54) is 27.8 Å². The average Bonchev–Trinajstić information content (AvgIpc) is 2.00. The van der Waals surface area contributed by atoms with Crippen LogP contribution < -0.4 is 5.32 Å². The largest absolute Gasteiger partial charge is 0.478 e. The molecule has 0 spiro atoms.